The fraction of sp³-hybridized carbons (Fsp3) is 0.900. The first-order valence-electron chi connectivity index (χ1n) is 5.37. The van der Waals surface area contributed by atoms with E-state index in [0.717, 1.165) is 25.7 Å². The average Bonchev–Trinajstić information content (AvgIpc) is 2.19. The first-order chi connectivity index (χ1) is 6.72. The van der Waals surface area contributed by atoms with Crippen molar-refractivity contribution in [3.05, 3.63) is 0 Å². The van der Waals surface area contributed by atoms with Gasteiger partial charge in [0.1, 0.15) is 0 Å². The minimum atomic E-state index is -0.333. The molecule has 1 aliphatic rings. The van der Waals surface area contributed by atoms with E-state index in [4.69, 9.17) is 10.5 Å². The molecule has 0 unspecified atom stereocenters. The van der Waals surface area contributed by atoms with Gasteiger partial charge in [0.25, 0.3) is 0 Å². The molecular formula is C10H20N2O2. The van der Waals surface area contributed by atoms with Crippen LogP contribution in [0.5, 0.6) is 0 Å². The summed E-state index contributed by atoms with van der Waals surface area (Å²) in [7, 11) is 0. The highest BCUT2D eigenvalue weighted by Crippen LogP contribution is 2.27. The Bertz CT molecular complexity index is 189. The van der Waals surface area contributed by atoms with Crippen molar-refractivity contribution < 1.29 is 9.53 Å². The molecule has 14 heavy (non-hydrogen) atoms. The van der Waals surface area contributed by atoms with E-state index in [1.165, 1.54) is 6.42 Å². The zero-order valence-corrected chi connectivity index (χ0v) is 8.84. The molecule has 0 aromatic rings. The van der Waals surface area contributed by atoms with Crippen LogP contribution in [-0.4, -0.2) is 24.8 Å². The molecule has 1 saturated carbocycles. The van der Waals surface area contributed by atoms with Crippen LogP contribution in [0.15, 0.2) is 0 Å². The summed E-state index contributed by atoms with van der Waals surface area (Å²) >= 11 is 0. The van der Waals surface area contributed by atoms with E-state index >= 15 is 0 Å². The average molecular weight is 200 g/mol. The normalized spacial score (nSPS) is 20.1. The van der Waals surface area contributed by atoms with Gasteiger partial charge in [-0.25, -0.2) is 4.79 Å². The maximum Gasteiger partial charge on any atom is 0.407 e. The third kappa shape index (κ3) is 2.87. The van der Waals surface area contributed by atoms with Crippen molar-refractivity contribution in [3.8, 4) is 0 Å². The quantitative estimate of drug-likeness (QED) is 0.723. The minimum absolute atomic E-state index is 0.204. The molecule has 4 heteroatoms. The molecule has 0 aromatic heterocycles. The highest BCUT2D eigenvalue weighted by atomic mass is 16.5. The Labute approximate surface area is 85.2 Å². The zero-order valence-electron chi connectivity index (χ0n) is 8.84. The summed E-state index contributed by atoms with van der Waals surface area (Å²) in [4.78, 5) is 11.3. The second kappa shape index (κ2) is 5.20. The van der Waals surface area contributed by atoms with Crippen LogP contribution in [0.25, 0.3) is 0 Å². The lowest BCUT2D eigenvalue weighted by atomic mass is 9.82. The van der Waals surface area contributed by atoms with Crippen LogP contribution >= 0.6 is 0 Å². The lowest BCUT2D eigenvalue weighted by molar-refractivity contribution is 0.129. The van der Waals surface area contributed by atoms with Crippen molar-refractivity contribution in [2.75, 3.05) is 13.2 Å². The van der Waals surface area contributed by atoms with E-state index in [0.29, 0.717) is 13.2 Å². The maximum absolute atomic E-state index is 11.3. The van der Waals surface area contributed by atoms with Crippen molar-refractivity contribution in [1.29, 1.82) is 0 Å². The molecule has 0 bridgehead atoms. The van der Waals surface area contributed by atoms with Crippen molar-refractivity contribution in [2.24, 2.45) is 5.73 Å². The highest BCUT2D eigenvalue weighted by molar-refractivity contribution is 5.68. The first-order valence-corrected chi connectivity index (χ1v) is 5.37. The van der Waals surface area contributed by atoms with Crippen LogP contribution in [0.3, 0.4) is 0 Å². The Balaban J connectivity index is 2.47. The van der Waals surface area contributed by atoms with E-state index < -0.39 is 0 Å². The van der Waals surface area contributed by atoms with Crippen LogP contribution in [0.1, 0.15) is 39.0 Å². The predicted molar refractivity (Wildman–Crippen MR) is 55.0 cm³/mol. The van der Waals surface area contributed by atoms with Crippen LogP contribution in [0.4, 0.5) is 4.79 Å². The Kier molecular flexibility index (Phi) is 4.20. The molecular weight excluding hydrogens is 180 g/mol. The summed E-state index contributed by atoms with van der Waals surface area (Å²) in [5.74, 6) is 0. The van der Waals surface area contributed by atoms with E-state index in [-0.39, 0.29) is 11.6 Å². The largest absolute Gasteiger partial charge is 0.450 e. The molecule has 0 atom stereocenters. The molecule has 0 saturated heterocycles. The molecule has 1 fully saturated rings. The first kappa shape index (κ1) is 11.3. The van der Waals surface area contributed by atoms with E-state index in [1.807, 2.05) is 0 Å². The molecule has 0 aromatic carbocycles. The van der Waals surface area contributed by atoms with Gasteiger partial charge >= 0.3 is 6.09 Å². The van der Waals surface area contributed by atoms with Crippen molar-refractivity contribution in [3.63, 3.8) is 0 Å². The van der Waals surface area contributed by atoms with Crippen LogP contribution in [0.2, 0.25) is 0 Å². The van der Waals surface area contributed by atoms with Crippen molar-refractivity contribution in [1.82, 2.24) is 5.32 Å². The zero-order chi connectivity index (χ0) is 10.4. The fourth-order valence-corrected chi connectivity index (χ4v) is 1.99. The number of nitrogens with one attached hydrogen (secondary N) is 1. The topological polar surface area (TPSA) is 64.3 Å². The SMILES string of the molecule is CCOC(=O)NC1(CN)CCCCC1. The van der Waals surface area contributed by atoms with Gasteiger partial charge in [-0.1, -0.05) is 19.3 Å². The van der Waals surface area contributed by atoms with Crippen LogP contribution < -0.4 is 11.1 Å². The summed E-state index contributed by atoms with van der Waals surface area (Å²) in [5.41, 5.74) is 5.51. The Morgan fingerprint density at radius 3 is 2.57 bits per heavy atom. The van der Waals surface area contributed by atoms with Gasteiger partial charge in [0, 0.05) is 6.54 Å². The monoisotopic (exact) mass is 200 g/mol. The van der Waals surface area contributed by atoms with Crippen molar-refractivity contribution in [2.45, 2.75) is 44.6 Å². The van der Waals surface area contributed by atoms with Gasteiger partial charge in [-0.15, -0.1) is 0 Å². The summed E-state index contributed by atoms with van der Waals surface area (Å²) in [6, 6.07) is 0. The predicted octanol–water partition coefficient (Wildman–Crippen LogP) is 1.39. The molecule has 82 valence electrons. The lowest BCUT2D eigenvalue weighted by Crippen LogP contribution is -2.54. The van der Waals surface area contributed by atoms with Gasteiger partial charge in [-0.3, -0.25) is 0 Å². The molecule has 0 radical (unpaired) electrons. The standard InChI is InChI=1S/C10H20N2O2/c1-2-14-9(13)12-10(8-11)6-4-3-5-7-10/h2-8,11H2,1H3,(H,12,13). The fourth-order valence-electron chi connectivity index (χ4n) is 1.99. The smallest absolute Gasteiger partial charge is 0.407 e. The number of carbonyl (C=O) groups is 1. The molecule has 0 heterocycles. The van der Waals surface area contributed by atoms with Crippen LogP contribution in [0, 0.1) is 0 Å². The molecule has 0 spiro atoms. The van der Waals surface area contributed by atoms with Gasteiger partial charge in [0.05, 0.1) is 12.1 Å². The van der Waals surface area contributed by atoms with Gasteiger partial charge in [0.15, 0.2) is 0 Å². The number of carbonyl (C=O) groups excluding carboxylic acids is 1. The number of ether oxygens (including phenoxy) is 1. The number of amides is 1. The second-order valence-electron chi connectivity index (χ2n) is 3.89. The Morgan fingerprint density at radius 1 is 1.43 bits per heavy atom. The van der Waals surface area contributed by atoms with Crippen molar-refractivity contribution >= 4 is 6.09 Å². The maximum atomic E-state index is 11.3. The molecule has 0 aliphatic heterocycles. The number of hydrogen-bond donors (Lipinski definition) is 2. The van der Waals surface area contributed by atoms with E-state index in [9.17, 15) is 4.79 Å². The molecule has 4 nitrogen and oxygen atoms in total. The minimum Gasteiger partial charge on any atom is -0.450 e. The van der Waals surface area contributed by atoms with Gasteiger partial charge in [-0.05, 0) is 19.8 Å². The summed E-state index contributed by atoms with van der Waals surface area (Å²) < 4.78 is 4.87. The van der Waals surface area contributed by atoms with Gasteiger partial charge in [0.2, 0.25) is 0 Å². The summed E-state index contributed by atoms with van der Waals surface area (Å²) in [5, 5.41) is 2.90. The number of hydrogen-bond acceptors (Lipinski definition) is 3. The number of rotatable bonds is 3. The number of nitrogens with two attached hydrogens (primary N) is 1. The van der Waals surface area contributed by atoms with E-state index in [1.54, 1.807) is 6.92 Å². The third-order valence-electron chi connectivity index (χ3n) is 2.84. The Hall–Kier alpha value is -0.770. The second-order valence-corrected chi connectivity index (χ2v) is 3.89. The lowest BCUT2D eigenvalue weighted by Gasteiger charge is -2.36. The summed E-state index contributed by atoms with van der Waals surface area (Å²) in [6.07, 6.45) is 5.14. The van der Waals surface area contributed by atoms with Crippen LogP contribution in [-0.2, 0) is 4.74 Å². The summed E-state index contributed by atoms with van der Waals surface area (Å²) in [6.45, 7) is 2.72. The van der Waals surface area contributed by atoms with Gasteiger partial charge in [-0.2, -0.15) is 0 Å². The highest BCUT2D eigenvalue weighted by Gasteiger charge is 2.32. The molecule has 1 rings (SSSR count). The molecule has 1 aliphatic carbocycles. The Morgan fingerprint density at radius 2 is 2.07 bits per heavy atom. The number of alkyl carbamates (subject to hydrolysis) is 1. The van der Waals surface area contributed by atoms with Gasteiger partial charge < -0.3 is 15.8 Å². The molecule has 1 amide bonds. The third-order valence-corrected chi connectivity index (χ3v) is 2.84. The van der Waals surface area contributed by atoms with E-state index in [2.05, 4.69) is 5.32 Å². The molecule has 3 N–H and O–H groups in total.